The number of rotatable bonds is 6. The van der Waals surface area contributed by atoms with Crippen LogP contribution in [0.2, 0.25) is 0 Å². The summed E-state index contributed by atoms with van der Waals surface area (Å²) >= 11 is 0. The van der Waals surface area contributed by atoms with E-state index in [9.17, 15) is 0 Å². The van der Waals surface area contributed by atoms with Crippen LogP contribution in [0.15, 0.2) is 18.2 Å². The second-order valence-electron chi connectivity index (χ2n) is 4.16. The van der Waals surface area contributed by atoms with Gasteiger partial charge in [0, 0.05) is 18.0 Å². The summed E-state index contributed by atoms with van der Waals surface area (Å²) in [5, 5.41) is 3.47. The molecule has 1 aromatic rings. The number of benzene rings is 1. The topological polar surface area (TPSA) is 21.3 Å². The molecule has 0 aliphatic rings. The summed E-state index contributed by atoms with van der Waals surface area (Å²) in [5.41, 5.74) is 2.38. The molecule has 0 heterocycles. The van der Waals surface area contributed by atoms with Gasteiger partial charge in [0.1, 0.15) is 5.75 Å². The minimum Gasteiger partial charge on any atom is -0.496 e. The van der Waals surface area contributed by atoms with E-state index in [0.717, 1.165) is 24.3 Å². The first-order valence-corrected chi connectivity index (χ1v) is 6.04. The zero-order chi connectivity index (χ0) is 12.7. The van der Waals surface area contributed by atoms with E-state index in [2.05, 4.69) is 37.2 Å². The maximum Gasteiger partial charge on any atom is 0.123 e. The van der Waals surface area contributed by atoms with Crippen molar-refractivity contribution >= 4 is 0 Å². The third-order valence-electron chi connectivity index (χ3n) is 2.72. The summed E-state index contributed by atoms with van der Waals surface area (Å²) in [7, 11) is 1.70. The fourth-order valence-corrected chi connectivity index (χ4v) is 1.85. The Morgan fingerprint density at radius 2 is 2.24 bits per heavy atom. The van der Waals surface area contributed by atoms with E-state index < -0.39 is 0 Å². The van der Waals surface area contributed by atoms with Gasteiger partial charge < -0.3 is 10.1 Å². The van der Waals surface area contributed by atoms with Crippen LogP contribution in [0.4, 0.5) is 0 Å². The lowest BCUT2D eigenvalue weighted by atomic mass is 10.0. The van der Waals surface area contributed by atoms with Gasteiger partial charge in [-0.1, -0.05) is 24.6 Å². The van der Waals surface area contributed by atoms with Crippen LogP contribution in [-0.4, -0.2) is 13.7 Å². The molecule has 2 nitrogen and oxygen atoms in total. The van der Waals surface area contributed by atoms with E-state index in [-0.39, 0.29) is 6.04 Å². The summed E-state index contributed by atoms with van der Waals surface area (Å²) in [6.45, 7) is 5.19. The molecule has 1 unspecified atom stereocenters. The average molecular weight is 231 g/mol. The zero-order valence-corrected chi connectivity index (χ0v) is 10.9. The van der Waals surface area contributed by atoms with Crippen LogP contribution in [0.5, 0.6) is 5.75 Å². The van der Waals surface area contributed by atoms with E-state index in [4.69, 9.17) is 11.2 Å². The standard InChI is InChI=1S/C15H21NO/c1-5-7-14(16-10-6-2)13-11-12(3)8-9-15(13)17-4/h1,8-9,11,14,16H,6-7,10H2,2-4H3. The maximum absolute atomic E-state index is 5.44. The fourth-order valence-electron chi connectivity index (χ4n) is 1.85. The van der Waals surface area contributed by atoms with E-state index in [1.54, 1.807) is 7.11 Å². The number of nitrogens with one attached hydrogen (secondary N) is 1. The fraction of sp³-hybridized carbons (Fsp3) is 0.467. The van der Waals surface area contributed by atoms with Crippen molar-refractivity contribution < 1.29 is 4.74 Å². The molecule has 0 aliphatic carbocycles. The Hall–Kier alpha value is -1.46. The van der Waals surface area contributed by atoms with Gasteiger partial charge in [-0.25, -0.2) is 0 Å². The number of hydrogen-bond acceptors (Lipinski definition) is 2. The number of aryl methyl sites for hydroxylation is 1. The highest BCUT2D eigenvalue weighted by molar-refractivity contribution is 5.39. The van der Waals surface area contributed by atoms with Crippen molar-refractivity contribution in [2.75, 3.05) is 13.7 Å². The van der Waals surface area contributed by atoms with Gasteiger partial charge in [0.2, 0.25) is 0 Å². The average Bonchev–Trinajstić information content (AvgIpc) is 2.34. The molecule has 0 fully saturated rings. The molecule has 0 spiro atoms. The van der Waals surface area contributed by atoms with Gasteiger partial charge in [-0.15, -0.1) is 12.3 Å². The molecule has 92 valence electrons. The van der Waals surface area contributed by atoms with Gasteiger partial charge >= 0.3 is 0 Å². The maximum atomic E-state index is 5.44. The Balaban J connectivity index is 2.98. The molecule has 1 aromatic carbocycles. The van der Waals surface area contributed by atoms with Crippen LogP contribution in [0.25, 0.3) is 0 Å². The first-order chi connectivity index (χ1) is 8.22. The lowest BCUT2D eigenvalue weighted by molar-refractivity contribution is 0.399. The van der Waals surface area contributed by atoms with Crippen LogP contribution >= 0.6 is 0 Å². The normalized spacial score (nSPS) is 11.9. The molecule has 0 radical (unpaired) electrons. The number of methoxy groups -OCH3 is 1. The van der Waals surface area contributed by atoms with E-state index in [1.165, 1.54) is 5.56 Å². The lowest BCUT2D eigenvalue weighted by Gasteiger charge is -2.19. The molecule has 0 saturated heterocycles. The predicted molar refractivity (Wildman–Crippen MR) is 72.2 cm³/mol. The highest BCUT2D eigenvalue weighted by Gasteiger charge is 2.14. The monoisotopic (exact) mass is 231 g/mol. The molecule has 0 saturated carbocycles. The molecule has 17 heavy (non-hydrogen) atoms. The predicted octanol–water partition coefficient (Wildman–Crippen LogP) is 3.07. The molecule has 1 atom stereocenters. The quantitative estimate of drug-likeness (QED) is 0.760. The second kappa shape index (κ2) is 6.98. The van der Waals surface area contributed by atoms with Crippen LogP contribution in [0.1, 0.15) is 36.9 Å². The van der Waals surface area contributed by atoms with Crippen molar-refractivity contribution in [3.05, 3.63) is 29.3 Å². The molecule has 0 amide bonds. The van der Waals surface area contributed by atoms with Gasteiger partial charge in [0.05, 0.1) is 7.11 Å². The summed E-state index contributed by atoms with van der Waals surface area (Å²) < 4.78 is 5.40. The minimum absolute atomic E-state index is 0.176. The molecule has 2 heteroatoms. The second-order valence-corrected chi connectivity index (χ2v) is 4.16. The molecular weight excluding hydrogens is 210 g/mol. The van der Waals surface area contributed by atoms with Crippen LogP contribution in [0, 0.1) is 19.3 Å². The number of ether oxygens (including phenoxy) is 1. The Morgan fingerprint density at radius 1 is 1.47 bits per heavy atom. The van der Waals surface area contributed by atoms with Gasteiger partial charge in [-0.2, -0.15) is 0 Å². The van der Waals surface area contributed by atoms with Crippen LogP contribution in [-0.2, 0) is 0 Å². The Kier molecular flexibility index (Phi) is 5.59. The highest BCUT2D eigenvalue weighted by atomic mass is 16.5. The molecule has 1 rings (SSSR count). The largest absolute Gasteiger partial charge is 0.496 e. The van der Waals surface area contributed by atoms with Crippen LogP contribution < -0.4 is 10.1 Å². The van der Waals surface area contributed by atoms with Crippen LogP contribution in [0.3, 0.4) is 0 Å². The first-order valence-electron chi connectivity index (χ1n) is 6.04. The Labute approximate surface area is 104 Å². The summed E-state index contributed by atoms with van der Waals surface area (Å²) in [6, 6.07) is 6.37. The lowest BCUT2D eigenvalue weighted by Crippen LogP contribution is -2.22. The van der Waals surface area contributed by atoms with Crippen molar-refractivity contribution in [2.24, 2.45) is 0 Å². The van der Waals surface area contributed by atoms with Crippen molar-refractivity contribution in [3.8, 4) is 18.1 Å². The summed E-state index contributed by atoms with van der Waals surface area (Å²) in [5.74, 6) is 3.63. The molecule has 1 N–H and O–H groups in total. The van der Waals surface area contributed by atoms with Gasteiger partial charge in [0.15, 0.2) is 0 Å². The third kappa shape index (κ3) is 3.80. The van der Waals surface area contributed by atoms with Crippen molar-refractivity contribution in [3.63, 3.8) is 0 Å². The first kappa shape index (κ1) is 13.6. The summed E-state index contributed by atoms with van der Waals surface area (Å²) in [4.78, 5) is 0. The van der Waals surface area contributed by atoms with Gasteiger partial charge in [-0.05, 0) is 26.0 Å². The van der Waals surface area contributed by atoms with Gasteiger partial charge in [-0.3, -0.25) is 0 Å². The molecular formula is C15H21NO. The SMILES string of the molecule is C#CCC(NCCC)c1cc(C)ccc1OC. The van der Waals surface area contributed by atoms with E-state index >= 15 is 0 Å². The molecule has 0 bridgehead atoms. The zero-order valence-electron chi connectivity index (χ0n) is 10.9. The van der Waals surface area contributed by atoms with Crippen molar-refractivity contribution in [1.29, 1.82) is 0 Å². The minimum atomic E-state index is 0.176. The summed E-state index contributed by atoms with van der Waals surface area (Å²) in [6.07, 6.45) is 7.21. The van der Waals surface area contributed by atoms with Gasteiger partial charge in [0.25, 0.3) is 0 Å². The third-order valence-corrected chi connectivity index (χ3v) is 2.72. The number of hydrogen-bond donors (Lipinski definition) is 1. The van der Waals surface area contributed by atoms with E-state index in [1.807, 2.05) is 6.07 Å². The highest BCUT2D eigenvalue weighted by Crippen LogP contribution is 2.28. The molecule has 0 aromatic heterocycles. The Bertz CT molecular complexity index is 392. The van der Waals surface area contributed by atoms with Crippen molar-refractivity contribution in [2.45, 2.75) is 32.7 Å². The van der Waals surface area contributed by atoms with E-state index in [0.29, 0.717) is 6.42 Å². The van der Waals surface area contributed by atoms with Crippen molar-refractivity contribution in [1.82, 2.24) is 5.32 Å². The smallest absolute Gasteiger partial charge is 0.123 e. The molecule has 0 aliphatic heterocycles. The number of terminal acetylenes is 1. The Morgan fingerprint density at radius 3 is 2.82 bits per heavy atom.